The van der Waals surface area contributed by atoms with Crippen LogP contribution >= 0.6 is 0 Å². The number of hydrogen-bond acceptors (Lipinski definition) is 2. The number of carbonyl (C=O) groups excluding carboxylic acids is 1. The molecule has 1 aliphatic rings. The van der Waals surface area contributed by atoms with Crippen LogP contribution in [0.3, 0.4) is 0 Å². The van der Waals surface area contributed by atoms with Crippen molar-refractivity contribution < 1.29 is 4.79 Å². The molecule has 0 saturated carbocycles. The van der Waals surface area contributed by atoms with E-state index in [1.165, 1.54) is 5.56 Å². The van der Waals surface area contributed by atoms with Gasteiger partial charge in [-0.1, -0.05) is 39.0 Å². The number of rotatable bonds is 2. The normalized spacial score (nSPS) is 17.5. The highest BCUT2D eigenvalue weighted by Crippen LogP contribution is 2.26. The van der Waals surface area contributed by atoms with E-state index in [1.54, 1.807) is 0 Å². The van der Waals surface area contributed by atoms with Crippen LogP contribution in [0.25, 0.3) is 0 Å². The van der Waals surface area contributed by atoms with E-state index >= 15 is 0 Å². The van der Waals surface area contributed by atoms with Crippen LogP contribution in [0.2, 0.25) is 0 Å². The van der Waals surface area contributed by atoms with E-state index < -0.39 is 0 Å². The third-order valence-electron chi connectivity index (χ3n) is 4.07. The lowest BCUT2D eigenvalue weighted by Gasteiger charge is -2.24. The summed E-state index contributed by atoms with van der Waals surface area (Å²) in [5.41, 5.74) is 3.48. The first kappa shape index (κ1) is 14.3. The van der Waals surface area contributed by atoms with Crippen molar-refractivity contribution in [3.8, 4) is 0 Å². The van der Waals surface area contributed by atoms with Crippen LogP contribution in [-0.4, -0.2) is 18.9 Å². The Morgan fingerprint density at radius 2 is 1.84 bits per heavy atom. The van der Waals surface area contributed by atoms with Crippen LogP contribution in [0.1, 0.15) is 55.1 Å². The van der Waals surface area contributed by atoms with Crippen molar-refractivity contribution in [3.05, 3.63) is 34.9 Å². The number of aryl methyl sites for hydroxylation is 1. The largest absolute Gasteiger partial charge is 0.317 e. The van der Waals surface area contributed by atoms with Crippen molar-refractivity contribution in [2.45, 2.75) is 46.0 Å². The molecule has 19 heavy (non-hydrogen) atoms. The molecule has 1 saturated heterocycles. The van der Waals surface area contributed by atoms with E-state index in [9.17, 15) is 4.79 Å². The first-order valence-corrected chi connectivity index (χ1v) is 7.25. The minimum absolute atomic E-state index is 0.140. The van der Waals surface area contributed by atoms with E-state index in [2.05, 4.69) is 45.1 Å². The van der Waals surface area contributed by atoms with Crippen molar-refractivity contribution in [2.24, 2.45) is 5.92 Å². The summed E-state index contributed by atoms with van der Waals surface area (Å²) >= 11 is 0. The van der Waals surface area contributed by atoms with Crippen molar-refractivity contribution in [3.63, 3.8) is 0 Å². The van der Waals surface area contributed by atoms with Crippen LogP contribution in [0.4, 0.5) is 0 Å². The lowest BCUT2D eigenvalue weighted by atomic mass is 9.83. The minimum Gasteiger partial charge on any atom is -0.317 e. The molecule has 0 unspecified atom stereocenters. The highest BCUT2D eigenvalue weighted by atomic mass is 16.1. The molecule has 1 aromatic carbocycles. The Labute approximate surface area is 116 Å². The Kier molecular flexibility index (Phi) is 4.10. The number of piperidine rings is 1. The monoisotopic (exact) mass is 259 g/mol. The fraction of sp³-hybridized carbons (Fsp3) is 0.588. The van der Waals surface area contributed by atoms with Crippen LogP contribution in [0.5, 0.6) is 0 Å². The lowest BCUT2D eigenvalue weighted by molar-refractivity contribution is 0.0894. The van der Waals surface area contributed by atoms with E-state index in [4.69, 9.17) is 0 Å². The number of hydrogen-bond donors (Lipinski definition) is 1. The second-order valence-corrected chi connectivity index (χ2v) is 6.67. The van der Waals surface area contributed by atoms with Gasteiger partial charge in [0.1, 0.15) is 0 Å². The van der Waals surface area contributed by atoms with Crippen molar-refractivity contribution in [2.75, 3.05) is 13.1 Å². The Morgan fingerprint density at radius 1 is 1.21 bits per heavy atom. The second-order valence-electron chi connectivity index (χ2n) is 6.67. The molecule has 1 aliphatic heterocycles. The number of ketones is 1. The van der Waals surface area contributed by atoms with Gasteiger partial charge in [-0.2, -0.15) is 0 Å². The average molecular weight is 259 g/mol. The van der Waals surface area contributed by atoms with Crippen LogP contribution in [-0.2, 0) is 5.41 Å². The van der Waals surface area contributed by atoms with Gasteiger partial charge in [-0.25, -0.2) is 0 Å². The maximum atomic E-state index is 12.6. The molecule has 2 heteroatoms. The Hall–Kier alpha value is -1.15. The highest BCUT2D eigenvalue weighted by Gasteiger charge is 2.24. The second kappa shape index (κ2) is 5.46. The zero-order valence-electron chi connectivity index (χ0n) is 12.5. The predicted molar refractivity (Wildman–Crippen MR) is 79.8 cm³/mol. The Balaban J connectivity index is 2.23. The summed E-state index contributed by atoms with van der Waals surface area (Å²) in [6.07, 6.45) is 1.94. The molecule has 2 rings (SSSR count). The van der Waals surface area contributed by atoms with Gasteiger partial charge >= 0.3 is 0 Å². The first-order chi connectivity index (χ1) is 8.89. The lowest BCUT2D eigenvalue weighted by Crippen LogP contribution is -2.32. The number of nitrogens with one attached hydrogen (secondary N) is 1. The van der Waals surface area contributed by atoms with E-state index in [0.29, 0.717) is 5.78 Å². The summed E-state index contributed by atoms with van der Waals surface area (Å²) in [5, 5.41) is 3.31. The molecule has 0 atom stereocenters. The molecule has 1 heterocycles. The maximum absolute atomic E-state index is 12.6. The highest BCUT2D eigenvalue weighted by molar-refractivity contribution is 5.99. The van der Waals surface area contributed by atoms with Crippen LogP contribution in [0.15, 0.2) is 18.2 Å². The van der Waals surface area contributed by atoms with E-state index in [0.717, 1.165) is 37.1 Å². The van der Waals surface area contributed by atoms with Crippen molar-refractivity contribution in [1.29, 1.82) is 0 Å². The molecule has 104 valence electrons. The first-order valence-electron chi connectivity index (χ1n) is 7.25. The van der Waals surface area contributed by atoms with Gasteiger partial charge in [0.25, 0.3) is 0 Å². The van der Waals surface area contributed by atoms with Gasteiger partial charge in [-0.3, -0.25) is 4.79 Å². The molecule has 0 spiro atoms. The van der Waals surface area contributed by atoms with Gasteiger partial charge in [-0.05, 0) is 49.4 Å². The Bertz CT molecular complexity index is 465. The number of benzene rings is 1. The molecule has 1 fully saturated rings. The van der Waals surface area contributed by atoms with Gasteiger partial charge in [0, 0.05) is 11.5 Å². The molecular weight excluding hydrogens is 234 g/mol. The van der Waals surface area contributed by atoms with Gasteiger partial charge in [0.15, 0.2) is 5.78 Å². The van der Waals surface area contributed by atoms with Gasteiger partial charge in [0.05, 0.1) is 0 Å². The molecular formula is C17H25NO. The Morgan fingerprint density at radius 3 is 2.37 bits per heavy atom. The molecule has 0 aromatic heterocycles. The van der Waals surface area contributed by atoms with Crippen molar-refractivity contribution in [1.82, 2.24) is 5.32 Å². The number of carbonyl (C=O) groups is 1. The third-order valence-corrected chi connectivity index (χ3v) is 4.07. The quantitative estimate of drug-likeness (QED) is 0.824. The topological polar surface area (TPSA) is 29.1 Å². The molecule has 1 N–H and O–H groups in total. The molecule has 0 amide bonds. The molecule has 0 aliphatic carbocycles. The number of Topliss-reactive ketones (excluding diaryl/α,β-unsaturated/α-hetero) is 1. The standard InChI is InChI=1S/C17H25NO/c1-12-11-14(17(2,3)4)5-6-15(12)16(19)13-7-9-18-10-8-13/h5-6,11,13,18H,7-10H2,1-4H3. The fourth-order valence-electron chi connectivity index (χ4n) is 2.71. The molecule has 1 aromatic rings. The van der Waals surface area contributed by atoms with Gasteiger partial charge in [-0.15, -0.1) is 0 Å². The predicted octanol–water partition coefficient (Wildman–Crippen LogP) is 3.47. The zero-order chi connectivity index (χ0) is 14.0. The fourth-order valence-corrected chi connectivity index (χ4v) is 2.71. The minimum atomic E-state index is 0.140. The average Bonchev–Trinajstić information content (AvgIpc) is 2.38. The summed E-state index contributed by atoms with van der Waals surface area (Å²) < 4.78 is 0. The van der Waals surface area contributed by atoms with Gasteiger partial charge in [0.2, 0.25) is 0 Å². The van der Waals surface area contributed by atoms with Crippen LogP contribution in [0, 0.1) is 12.8 Å². The summed E-state index contributed by atoms with van der Waals surface area (Å²) in [6, 6.07) is 6.32. The van der Waals surface area contributed by atoms with Crippen molar-refractivity contribution >= 4 is 5.78 Å². The molecule has 0 bridgehead atoms. The zero-order valence-corrected chi connectivity index (χ0v) is 12.5. The van der Waals surface area contributed by atoms with E-state index in [-0.39, 0.29) is 11.3 Å². The molecule has 2 nitrogen and oxygen atoms in total. The van der Waals surface area contributed by atoms with Gasteiger partial charge < -0.3 is 5.32 Å². The summed E-state index contributed by atoms with van der Waals surface area (Å²) in [5.74, 6) is 0.542. The van der Waals surface area contributed by atoms with Crippen LogP contribution < -0.4 is 5.32 Å². The SMILES string of the molecule is Cc1cc(C(C)(C)C)ccc1C(=O)C1CCNCC1. The summed E-state index contributed by atoms with van der Waals surface area (Å²) in [6.45, 7) is 10.6. The smallest absolute Gasteiger partial charge is 0.166 e. The molecule has 0 radical (unpaired) electrons. The summed E-state index contributed by atoms with van der Waals surface area (Å²) in [7, 11) is 0. The third kappa shape index (κ3) is 3.24. The maximum Gasteiger partial charge on any atom is 0.166 e. The summed E-state index contributed by atoms with van der Waals surface area (Å²) in [4.78, 5) is 12.6. The van der Waals surface area contributed by atoms with E-state index in [1.807, 2.05) is 6.07 Å².